The van der Waals surface area contributed by atoms with E-state index < -0.39 is 29.8 Å². The molecule has 1 amide bonds. The summed E-state index contributed by atoms with van der Waals surface area (Å²) >= 11 is 0. The first-order valence-electron chi connectivity index (χ1n) is 9.38. The Balaban J connectivity index is 2.11. The van der Waals surface area contributed by atoms with E-state index in [1.165, 1.54) is 4.90 Å². The van der Waals surface area contributed by atoms with Gasteiger partial charge in [0, 0.05) is 31.3 Å². The van der Waals surface area contributed by atoms with Crippen molar-refractivity contribution in [3.8, 4) is 5.75 Å². The van der Waals surface area contributed by atoms with Gasteiger partial charge in [-0.15, -0.1) is 0 Å². The molecule has 27 heavy (non-hydrogen) atoms. The highest BCUT2D eigenvalue weighted by Gasteiger charge is 2.42. The van der Waals surface area contributed by atoms with Crippen LogP contribution >= 0.6 is 0 Å². The number of hydrogen-bond acceptors (Lipinski definition) is 5. The van der Waals surface area contributed by atoms with Crippen molar-refractivity contribution in [3.05, 3.63) is 24.3 Å². The Morgan fingerprint density at radius 1 is 1.26 bits per heavy atom. The highest BCUT2D eigenvalue weighted by molar-refractivity contribution is 5.81. The molecule has 7 heteroatoms. The summed E-state index contributed by atoms with van der Waals surface area (Å²) in [4.78, 5) is 27.4. The molecule has 0 spiro atoms. The number of hydrogen-bond donors (Lipinski definition) is 1. The Labute approximate surface area is 160 Å². The molecular formula is C20H30N2O5. The van der Waals surface area contributed by atoms with Crippen LogP contribution in [0, 0.1) is 0 Å². The van der Waals surface area contributed by atoms with Crippen LogP contribution in [0.1, 0.15) is 41.0 Å². The van der Waals surface area contributed by atoms with Gasteiger partial charge in [-0.25, -0.2) is 9.59 Å². The lowest BCUT2D eigenvalue weighted by Crippen LogP contribution is -2.43. The van der Waals surface area contributed by atoms with Crippen molar-refractivity contribution in [2.45, 2.75) is 58.8 Å². The van der Waals surface area contributed by atoms with Crippen LogP contribution in [0.15, 0.2) is 24.3 Å². The number of rotatable bonds is 6. The average Bonchev–Trinajstić information content (AvgIpc) is 2.99. The summed E-state index contributed by atoms with van der Waals surface area (Å²) in [5, 5.41) is 9.48. The second-order valence-electron chi connectivity index (χ2n) is 7.63. The number of carbonyl (C=O) groups is 2. The normalized spacial score (nSPS) is 19.7. The standard InChI is InChI=1S/C20H30N2O5/c1-6-21(7-2)14-9-8-10-15(11-14)26-16-12-17(18(23)24)22(13-16)19(25)27-20(3,4)5/h8-11,16-17H,6-7,12-13H2,1-5H3,(H,23,24)/t16-,17-/m0/s1. The second kappa shape index (κ2) is 8.50. The summed E-state index contributed by atoms with van der Waals surface area (Å²) in [6.07, 6.45) is -0.798. The van der Waals surface area contributed by atoms with Gasteiger partial charge in [0.15, 0.2) is 0 Å². The Bertz CT molecular complexity index is 667. The molecule has 0 bridgehead atoms. The van der Waals surface area contributed by atoms with Crippen molar-refractivity contribution in [3.63, 3.8) is 0 Å². The maximum atomic E-state index is 12.4. The zero-order chi connectivity index (χ0) is 20.2. The fraction of sp³-hybridized carbons (Fsp3) is 0.600. The maximum absolute atomic E-state index is 12.4. The molecule has 2 rings (SSSR count). The molecule has 1 aromatic rings. The van der Waals surface area contributed by atoms with Crippen molar-refractivity contribution in [2.24, 2.45) is 0 Å². The van der Waals surface area contributed by atoms with E-state index in [-0.39, 0.29) is 13.0 Å². The lowest BCUT2D eigenvalue weighted by molar-refractivity contribution is -0.142. The minimum Gasteiger partial charge on any atom is -0.488 e. The molecule has 0 saturated carbocycles. The van der Waals surface area contributed by atoms with Gasteiger partial charge in [0.05, 0.1) is 6.54 Å². The minimum atomic E-state index is -1.05. The van der Waals surface area contributed by atoms with E-state index in [0.29, 0.717) is 5.75 Å². The predicted octanol–water partition coefficient (Wildman–Crippen LogP) is 3.37. The summed E-state index contributed by atoms with van der Waals surface area (Å²) < 4.78 is 11.3. The number of nitrogens with zero attached hydrogens (tertiary/aromatic N) is 2. The molecule has 0 unspecified atom stereocenters. The quantitative estimate of drug-likeness (QED) is 0.818. The molecule has 1 heterocycles. The topological polar surface area (TPSA) is 79.3 Å². The summed E-state index contributed by atoms with van der Waals surface area (Å²) in [5.41, 5.74) is 0.367. The molecule has 1 aliphatic heterocycles. The summed E-state index contributed by atoms with van der Waals surface area (Å²) in [5.74, 6) is -0.386. The van der Waals surface area contributed by atoms with Crippen LogP contribution in [-0.4, -0.2) is 59.5 Å². The van der Waals surface area contributed by atoms with Gasteiger partial charge in [0.25, 0.3) is 0 Å². The number of carboxylic acids is 1. The number of likely N-dealkylation sites (tertiary alicyclic amines) is 1. The van der Waals surface area contributed by atoms with Crippen LogP contribution in [0.3, 0.4) is 0 Å². The van der Waals surface area contributed by atoms with E-state index in [9.17, 15) is 14.7 Å². The highest BCUT2D eigenvalue weighted by Crippen LogP contribution is 2.27. The number of benzene rings is 1. The molecule has 1 N–H and O–H groups in total. The zero-order valence-electron chi connectivity index (χ0n) is 16.8. The smallest absolute Gasteiger partial charge is 0.411 e. The first kappa shape index (κ1) is 20.9. The van der Waals surface area contributed by atoms with Crippen LogP contribution in [0.2, 0.25) is 0 Å². The first-order chi connectivity index (χ1) is 12.6. The number of carboxylic acid groups (broad SMARTS) is 1. The predicted molar refractivity (Wildman–Crippen MR) is 103 cm³/mol. The largest absolute Gasteiger partial charge is 0.488 e. The number of carbonyl (C=O) groups excluding carboxylic acids is 1. The molecule has 0 radical (unpaired) electrons. The molecule has 0 aliphatic carbocycles. The maximum Gasteiger partial charge on any atom is 0.411 e. The Morgan fingerprint density at radius 2 is 1.93 bits per heavy atom. The number of ether oxygens (including phenoxy) is 2. The third-order valence-electron chi connectivity index (χ3n) is 4.42. The molecule has 1 saturated heterocycles. The fourth-order valence-electron chi connectivity index (χ4n) is 3.17. The van der Waals surface area contributed by atoms with Crippen LogP contribution in [0.4, 0.5) is 10.5 Å². The second-order valence-corrected chi connectivity index (χ2v) is 7.63. The highest BCUT2D eigenvalue weighted by atomic mass is 16.6. The van der Waals surface area contributed by atoms with Gasteiger partial charge in [-0.1, -0.05) is 6.07 Å². The van der Waals surface area contributed by atoms with Gasteiger partial charge in [-0.05, 0) is 46.8 Å². The van der Waals surface area contributed by atoms with Crippen LogP contribution in [-0.2, 0) is 9.53 Å². The first-order valence-corrected chi connectivity index (χ1v) is 9.38. The molecule has 0 aromatic heterocycles. The van der Waals surface area contributed by atoms with Gasteiger partial charge in [0.1, 0.15) is 23.5 Å². The molecular weight excluding hydrogens is 348 g/mol. The van der Waals surface area contributed by atoms with Crippen molar-refractivity contribution in [1.82, 2.24) is 4.90 Å². The van der Waals surface area contributed by atoms with E-state index in [1.54, 1.807) is 20.8 Å². The van der Waals surface area contributed by atoms with Crippen LogP contribution < -0.4 is 9.64 Å². The molecule has 7 nitrogen and oxygen atoms in total. The lowest BCUT2D eigenvalue weighted by atomic mass is 10.2. The van der Waals surface area contributed by atoms with Crippen molar-refractivity contribution in [1.29, 1.82) is 0 Å². The lowest BCUT2D eigenvalue weighted by Gasteiger charge is -2.26. The Kier molecular flexibility index (Phi) is 6.57. The van der Waals surface area contributed by atoms with Gasteiger partial charge in [0.2, 0.25) is 0 Å². The van der Waals surface area contributed by atoms with E-state index in [2.05, 4.69) is 18.7 Å². The molecule has 150 valence electrons. The Hall–Kier alpha value is -2.44. The summed E-state index contributed by atoms with van der Waals surface area (Å²) in [7, 11) is 0. The van der Waals surface area contributed by atoms with Crippen molar-refractivity contribution < 1.29 is 24.2 Å². The van der Waals surface area contributed by atoms with E-state index >= 15 is 0 Å². The van der Waals surface area contributed by atoms with E-state index in [4.69, 9.17) is 9.47 Å². The average molecular weight is 378 g/mol. The number of amides is 1. The van der Waals surface area contributed by atoms with Crippen molar-refractivity contribution in [2.75, 3.05) is 24.5 Å². The summed E-state index contributed by atoms with van der Waals surface area (Å²) in [6, 6.07) is 6.77. The fourth-order valence-corrected chi connectivity index (χ4v) is 3.17. The van der Waals surface area contributed by atoms with Gasteiger partial charge in [-0.3, -0.25) is 4.90 Å². The molecule has 1 aliphatic rings. The molecule has 2 atom stereocenters. The molecule has 1 aromatic carbocycles. The van der Waals surface area contributed by atoms with Crippen LogP contribution in [0.5, 0.6) is 5.75 Å². The van der Waals surface area contributed by atoms with Gasteiger partial charge < -0.3 is 19.5 Å². The summed E-state index contributed by atoms with van der Waals surface area (Å²) in [6.45, 7) is 11.4. The Morgan fingerprint density at radius 3 is 2.48 bits per heavy atom. The van der Waals surface area contributed by atoms with E-state index in [0.717, 1.165) is 18.8 Å². The van der Waals surface area contributed by atoms with Crippen LogP contribution in [0.25, 0.3) is 0 Å². The third kappa shape index (κ3) is 5.52. The van der Waals surface area contributed by atoms with Gasteiger partial charge >= 0.3 is 12.1 Å². The minimum absolute atomic E-state index is 0.182. The monoisotopic (exact) mass is 378 g/mol. The number of anilines is 1. The zero-order valence-corrected chi connectivity index (χ0v) is 16.8. The number of aliphatic carboxylic acids is 1. The third-order valence-corrected chi connectivity index (χ3v) is 4.42. The van der Waals surface area contributed by atoms with Gasteiger partial charge in [-0.2, -0.15) is 0 Å². The SMILES string of the molecule is CCN(CC)c1cccc(O[C@H]2C[C@@H](C(=O)O)N(C(=O)OC(C)(C)C)C2)c1. The van der Waals surface area contributed by atoms with Crippen molar-refractivity contribution >= 4 is 17.7 Å². The molecule has 1 fully saturated rings. The van der Waals surface area contributed by atoms with E-state index in [1.807, 2.05) is 24.3 Å².